The van der Waals surface area contributed by atoms with E-state index in [2.05, 4.69) is 4.98 Å². The summed E-state index contributed by atoms with van der Waals surface area (Å²) in [5, 5.41) is 0.431. The molecule has 0 aromatic carbocycles. The lowest BCUT2D eigenvalue weighted by atomic mass is 10.3. The lowest BCUT2D eigenvalue weighted by molar-refractivity contribution is 0.391. The lowest BCUT2D eigenvalue weighted by Crippen LogP contribution is -2.22. The first-order valence-corrected chi connectivity index (χ1v) is 9.57. The summed E-state index contributed by atoms with van der Waals surface area (Å²) < 4.78 is 31.9. The van der Waals surface area contributed by atoms with Crippen LogP contribution in [0.25, 0.3) is 10.2 Å². The quantitative estimate of drug-likeness (QED) is 0.688. The molecule has 24 heavy (non-hydrogen) atoms. The SMILES string of the molecule is CCc1cc2c(=O)n(Cc3ccc(S(=O)(=O)N(C)C)o3)cnc2s1. The molecule has 0 aliphatic heterocycles. The van der Waals surface area contributed by atoms with Gasteiger partial charge >= 0.3 is 0 Å². The molecule has 3 aromatic rings. The second-order valence-electron chi connectivity index (χ2n) is 5.47. The monoisotopic (exact) mass is 367 g/mol. The van der Waals surface area contributed by atoms with E-state index in [1.165, 1.54) is 42.4 Å². The van der Waals surface area contributed by atoms with Gasteiger partial charge in [-0.1, -0.05) is 6.92 Å². The summed E-state index contributed by atoms with van der Waals surface area (Å²) in [6.07, 6.45) is 2.31. The number of nitrogens with zero attached hydrogens (tertiary/aromatic N) is 3. The number of hydrogen-bond donors (Lipinski definition) is 0. The van der Waals surface area contributed by atoms with Crippen molar-refractivity contribution < 1.29 is 12.8 Å². The predicted octanol–water partition coefficient (Wildman–Crippen LogP) is 1.91. The largest absolute Gasteiger partial charge is 0.446 e. The number of sulfonamides is 1. The normalized spacial score (nSPS) is 12.3. The zero-order valence-electron chi connectivity index (χ0n) is 13.5. The summed E-state index contributed by atoms with van der Waals surface area (Å²) in [5.74, 6) is 0.379. The number of thiophene rings is 1. The summed E-state index contributed by atoms with van der Waals surface area (Å²) in [6.45, 7) is 2.15. The molecule has 0 unspecified atom stereocenters. The Labute approximate surface area is 143 Å². The van der Waals surface area contributed by atoms with E-state index in [4.69, 9.17) is 4.42 Å². The van der Waals surface area contributed by atoms with Gasteiger partial charge in [0.1, 0.15) is 10.6 Å². The first-order valence-electron chi connectivity index (χ1n) is 7.32. The van der Waals surface area contributed by atoms with E-state index >= 15 is 0 Å². The molecule has 0 radical (unpaired) electrons. The topological polar surface area (TPSA) is 85.4 Å². The van der Waals surface area contributed by atoms with Gasteiger partial charge < -0.3 is 4.42 Å². The highest BCUT2D eigenvalue weighted by atomic mass is 32.2. The molecular weight excluding hydrogens is 350 g/mol. The van der Waals surface area contributed by atoms with Crippen molar-refractivity contribution >= 4 is 31.6 Å². The smallest absolute Gasteiger partial charge is 0.275 e. The molecule has 128 valence electrons. The van der Waals surface area contributed by atoms with Crippen LogP contribution in [0.15, 0.2) is 38.8 Å². The number of aryl methyl sites for hydroxylation is 1. The highest BCUT2D eigenvalue weighted by Crippen LogP contribution is 2.21. The summed E-state index contributed by atoms with van der Waals surface area (Å²) in [5.41, 5.74) is -0.163. The summed E-state index contributed by atoms with van der Waals surface area (Å²) in [7, 11) is -0.763. The van der Waals surface area contributed by atoms with Crippen molar-refractivity contribution in [1.29, 1.82) is 0 Å². The van der Waals surface area contributed by atoms with Crippen LogP contribution in [0.2, 0.25) is 0 Å². The maximum atomic E-state index is 12.5. The van der Waals surface area contributed by atoms with Crippen LogP contribution < -0.4 is 5.56 Å². The molecule has 0 N–H and O–H groups in total. The van der Waals surface area contributed by atoms with Crippen LogP contribution >= 0.6 is 11.3 Å². The van der Waals surface area contributed by atoms with E-state index in [0.717, 1.165) is 15.6 Å². The molecule has 3 rings (SSSR count). The predicted molar refractivity (Wildman–Crippen MR) is 91.9 cm³/mol. The summed E-state index contributed by atoms with van der Waals surface area (Å²) >= 11 is 1.50. The fourth-order valence-electron chi connectivity index (χ4n) is 2.23. The van der Waals surface area contributed by atoms with Crippen LogP contribution in [-0.4, -0.2) is 36.4 Å². The Morgan fingerprint density at radius 1 is 1.33 bits per heavy atom. The van der Waals surface area contributed by atoms with Gasteiger partial charge in [0.15, 0.2) is 0 Å². The minimum absolute atomic E-state index is 0.127. The van der Waals surface area contributed by atoms with E-state index in [9.17, 15) is 13.2 Å². The Morgan fingerprint density at radius 2 is 2.08 bits per heavy atom. The maximum Gasteiger partial charge on any atom is 0.275 e. The van der Waals surface area contributed by atoms with Crippen molar-refractivity contribution in [3.8, 4) is 0 Å². The molecule has 0 saturated carbocycles. The van der Waals surface area contributed by atoms with Crippen molar-refractivity contribution in [2.75, 3.05) is 14.1 Å². The van der Waals surface area contributed by atoms with E-state index in [-0.39, 0.29) is 17.2 Å². The fraction of sp³-hybridized carbons (Fsp3) is 0.333. The van der Waals surface area contributed by atoms with Gasteiger partial charge in [-0.25, -0.2) is 17.7 Å². The standard InChI is InChI=1S/C15H17N3O4S2/c1-4-11-7-12-14(23-11)16-9-18(15(12)19)8-10-5-6-13(22-10)24(20,21)17(2)3/h5-7,9H,4,8H2,1-3H3. The molecule has 0 aliphatic carbocycles. The molecule has 0 spiro atoms. The molecule has 7 nitrogen and oxygen atoms in total. The van der Waals surface area contributed by atoms with Crippen LogP contribution in [0.1, 0.15) is 17.6 Å². The van der Waals surface area contributed by atoms with E-state index in [1.807, 2.05) is 13.0 Å². The van der Waals surface area contributed by atoms with Crippen LogP contribution in [0.3, 0.4) is 0 Å². The summed E-state index contributed by atoms with van der Waals surface area (Å²) in [4.78, 5) is 18.7. The Morgan fingerprint density at radius 3 is 2.75 bits per heavy atom. The van der Waals surface area contributed by atoms with Gasteiger partial charge in [0.2, 0.25) is 5.09 Å². The molecule has 9 heteroatoms. The zero-order chi connectivity index (χ0) is 17.5. The van der Waals surface area contributed by atoms with E-state index in [1.54, 1.807) is 6.07 Å². The Kier molecular flexibility index (Phi) is 4.33. The second kappa shape index (κ2) is 6.15. The van der Waals surface area contributed by atoms with Crippen molar-refractivity contribution in [2.45, 2.75) is 25.0 Å². The molecular formula is C15H17N3O4S2. The minimum atomic E-state index is -3.63. The van der Waals surface area contributed by atoms with Crippen LogP contribution in [0.4, 0.5) is 0 Å². The fourth-order valence-corrected chi connectivity index (χ4v) is 3.96. The van der Waals surface area contributed by atoms with Crippen molar-refractivity contribution in [2.24, 2.45) is 0 Å². The van der Waals surface area contributed by atoms with Crippen molar-refractivity contribution in [3.05, 3.63) is 45.5 Å². The Bertz CT molecular complexity index is 1040. The number of rotatable bonds is 5. The van der Waals surface area contributed by atoms with Gasteiger partial charge in [0.25, 0.3) is 15.6 Å². The second-order valence-corrected chi connectivity index (χ2v) is 8.67. The molecule has 0 atom stereocenters. The van der Waals surface area contributed by atoms with Crippen molar-refractivity contribution in [3.63, 3.8) is 0 Å². The first kappa shape index (κ1) is 16.9. The molecule has 0 aliphatic rings. The van der Waals surface area contributed by atoms with Gasteiger partial charge in [0.05, 0.1) is 18.3 Å². The third-order valence-corrected chi connectivity index (χ3v) is 6.49. The number of furan rings is 1. The van der Waals surface area contributed by atoms with E-state index in [0.29, 0.717) is 16.0 Å². The average molecular weight is 367 g/mol. The molecule has 3 heterocycles. The number of aromatic nitrogens is 2. The van der Waals surface area contributed by atoms with Gasteiger partial charge in [-0.15, -0.1) is 11.3 Å². The third kappa shape index (κ3) is 2.90. The van der Waals surface area contributed by atoms with Crippen LogP contribution in [-0.2, 0) is 23.0 Å². The molecule has 0 saturated heterocycles. The van der Waals surface area contributed by atoms with Crippen LogP contribution in [0, 0.1) is 0 Å². The van der Waals surface area contributed by atoms with Crippen LogP contribution in [0.5, 0.6) is 0 Å². The minimum Gasteiger partial charge on any atom is -0.446 e. The highest BCUT2D eigenvalue weighted by molar-refractivity contribution is 7.88. The van der Waals surface area contributed by atoms with Crippen molar-refractivity contribution in [1.82, 2.24) is 13.9 Å². The van der Waals surface area contributed by atoms with Gasteiger partial charge in [0, 0.05) is 19.0 Å². The Hall–Kier alpha value is -1.97. The maximum absolute atomic E-state index is 12.5. The third-order valence-electron chi connectivity index (χ3n) is 3.62. The molecule has 0 amide bonds. The van der Waals surface area contributed by atoms with Gasteiger partial charge in [-0.05, 0) is 24.6 Å². The van der Waals surface area contributed by atoms with Gasteiger partial charge in [-0.3, -0.25) is 9.36 Å². The molecule has 3 aromatic heterocycles. The molecule has 0 fully saturated rings. The lowest BCUT2D eigenvalue weighted by Gasteiger charge is -2.08. The highest BCUT2D eigenvalue weighted by Gasteiger charge is 2.21. The molecule has 0 bridgehead atoms. The average Bonchev–Trinajstić information content (AvgIpc) is 3.17. The van der Waals surface area contributed by atoms with Gasteiger partial charge in [-0.2, -0.15) is 0 Å². The number of fused-ring (bicyclic) bond motifs is 1. The first-order chi connectivity index (χ1) is 11.3. The number of hydrogen-bond acceptors (Lipinski definition) is 6. The summed E-state index contributed by atoms with van der Waals surface area (Å²) in [6, 6.07) is 4.80. The Balaban J connectivity index is 1.95. The van der Waals surface area contributed by atoms with E-state index < -0.39 is 10.0 Å². The zero-order valence-corrected chi connectivity index (χ0v) is 15.1.